The lowest BCUT2D eigenvalue weighted by atomic mass is 10.1. The summed E-state index contributed by atoms with van der Waals surface area (Å²) in [4.78, 5) is 25.9. The Kier molecular flexibility index (Phi) is 5.05. The average Bonchev–Trinajstić information content (AvgIpc) is 2.29. The lowest BCUT2D eigenvalue weighted by molar-refractivity contribution is -0.142. The highest BCUT2D eigenvalue weighted by molar-refractivity contribution is 5.90. The van der Waals surface area contributed by atoms with Crippen LogP contribution in [-0.2, 0) is 9.53 Å². The van der Waals surface area contributed by atoms with Gasteiger partial charge in [0.1, 0.15) is 0 Å². The molecule has 0 spiro atoms. The molecule has 5 heteroatoms. The predicted octanol–water partition coefficient (Wildman–Crippen LogP) is 2.05. The van der Waals surface area contributed by atoms with Crippen molar-refractivity contribution in [2.45, 2.75) is 20.3 Å². The number of aryl methyl sites for hydroxylation is 1. The van der Waals surface area contributed by atoms with Crippen LogP contribution in [0.5, 0.6) is 0 Å². The van der Waals surface area contributed by atoms with Crippen LogP contribution in [0.3, 0.4) is 0 Å². The number of hydrogen-bond acceptors (Lipinski definition) is 4. The Hall–Kier alpha value is -2.17. The summed E-state index contributed by atoms with van der Waals surface area (Å²) in [5.41, 5.74) is 1.31. The van der Waals surface area contributed by atoms with Crippen molar-refractivity contribution in [3.63, 3.8) is 0 Å². The molecule has 0 unspecified atom stereocenters. The molecule has 1 rings (SSSR count). The quantitative estimate of drug-likeness (QED) is 0.808. The van der Waals surface area contributed by atoms with Crippen LogP contribution in [0.4, 0.5) is 0 Å². The first kappa shape index (κ1) is 13.9. The molecule has 0 atom stereocenters. The van der Waals surface area contributed by atoms with E-state index in [0.717, 1.165) is 5.56 Å². The van der Waals surface area contributed by atoms with Gasteiger partial charge in [-0.25, -0.2) is 9.78 Å². The van der Waals surface area contributed by atoms with Crippen LogP contribution < -0.4 is 0 Å². The first-order valence-corrected chi connectivity index (χ1v) is 5.56. The number of carboxylic acid groups (broad SMARTS) is 1. The van der Waals surface area contributed by atoms with E-state index in [1.165, 1.54) is 6.20 Å². The molecule has 0 aliphatic rings. The minimum Gasteiger partial charge on any atom is -0.476 e. The second-order valence-electron chi connectivity index (χ2n) is 3.67. The maximum absolute atomic E-state index is 11.1. The summed E-state index contributed by atoms with van der Waals surface area (Å²) in [6, 6.07) is 1.71. The van der Waals surface area contributed by atoms with E-state index in [9.17, 15) is 9.59 Å². The fourth-order valence-electron chi connectivity index (χ4n) is 1.40. The lowest BCUT2D eigenvalue weighted by Crippen LogP contribution is -2.04. The Morgan fingerprint density at radius 2 is 2.22 bits per heavy atom. The Morgan fingerprint density at radius 1 is 1.50 bits per heavy atom. The summed E-state index contributed by atoms with van der Waals surface area (Å²) in [6.45, 7) is 3.88. The van der Waals surface area contributed by atoms with E-state index >= 15 is 0 Å². The van der Waals surface area contributed by atoms with Crippen LogP contribution in [0.25, 0.3) is 6.08 Å². The summed E-state index contributed by atoms with van der Waals surface area (Å²) >= 11 is 0. The molecule has 0 saturated carbocycles. The number of hydrogen-bond donors (Lipinski definition) is 1. The second-order valence-corrected chi connectivity index (χ2v) is 3.67. The van der Waals surface area contributed by atoms with Crippen molar-refractivity contribution in [3.05, 3.63) is 35.2 Å². The minimum absolute atomic E-state index is 0.0271. The van der Waals surface area contributed by atoms with Gasteiger partial charge in [-0.15, -0.1) is 0 Å². The van der Waals surface area contributed by atoms with Crippen LogP contribution in [0.1, 0.15) is 35.0 Å². The van der Waals surface area contributed by atoms with Crippen molar-refractivity contribution in [1.82, 2.24) is 4.98 Å². The first-order chi connectivity index (χ1) is 8.54. The van der Waals surface area contributed by atoms with Crippen LogP contribution >= 0.6 is 0 Å². The number of pyridine rings is 1. The van der Waals surface area contributed by atoms with Gasteiger partial charge in [0, 0.05) is 11.8 Å². The molecule has 1 aromatic rings. The summed E-state index contributed by atoms with van der Waals surface area (Å²) in [5, 5.41) is 8.96. The molecule has 0 amide bonds. The lowest BCUT2D eigenvalue weighted by Gasteiger charge is -2.01. The van der Waals surface area contributed by atoms with Gasteiger partial charge in [0.05, 0.1) is 13.0 Å². The topological polar surface area (TPSA) is 76.5 Å². The molecule has 5 nitrogen and oxygen atoms in total. The van der Waals surface area contributed by atoms with Crippen molar-refractivity contribution < 1.29 is 19.4 Å². The van der Waals surface area contributed by atoms with Gasteiger partial charge in [0.15, 0.2) is 5.69 Å². The van der Waals surface area contributed by atoms with E-state index in [0.29, 0.717) is 12.2 Å². The molecule has 0 aliphatic heterocycles. The van der Waals surface area contributed by atoms with E-state index < -0.39 is 5.97 Å². The second kappa shape index (κ2) is 6.54. The van der Waals surface area contributed by atoms with E-state index in [-0.39, 0.29) is 18.1 Å². The molecule has 0 fully saturated rings. The monoisotopic (exact) mass is 249 g/mol. The number of carbonyl (C=O) groups is 2. The van der Waals surface area contributed by atoms with Gasteiger partial charge >= 0.3 is 11.9 Å². The predicted molar refractivity (Wildman–Crippen MR) is 66.2 cm³/mol. The molecule has 0 bridgehead atoms. The molecule has 0 aliphatic carbocycles. The molecule has 1 aromatic heterocycles. The molecule has 1 N–H and O–H groups in total. The van der Waals surface area contributed by atoms with Gasteiger partial charge in [0.25, 0.3) is 0 Å². The van der Waals surface area contributed by atoms with Gasteiger partial charge in [0.2, 0.25) is 0 Å². The Morgan fingerprint density at radius 3 is 2.83 bits per heavy atom. The van der Waals surface area contributed by atoms with Crippen LogP contribution in [0, 0.1) is 6.92 Å². The third-order valence-electron chi connectivity index (χ3n) is 2.14. The number of ether oxygens (including phenoxy) is 1. The van der Waals surface area contributed by atoms with Gasteiger partial charge < -0.3 is 9.84 Å². The van der Waals surface area contributed by atoms with Crippen molar-refractivity contribution >= 4 is 18.0 Å². The molecule has 96 valence electrons. The van der Waals surface area contributed by atoms with Crippen molar-refractivity contribution in [2.75, 3.05) is 6.61 Å². The largest absolute Gasteiger partial charge is 0.476 e. The molecule has 0 aromatic carbocycles. The molecule has 0 saturated heterocycles. The summed E-state index contributed by atoms with van der Waals surface area (Å²) in [7, 11) is 0. The number of rotatable bonds is 5. The zero-order chi connectivity index (χ0) is 13.5. The van der Waals surface area contributed by atoms with E-state index in [4.69, 9.17) is 9.84 Å². The van der Waals surface area contributed by atoms with Gasteiger partial charge in [-0.3, -0.25) is 4.79 Å². The van der Waals surface area contributed by atoms with E-state index in [1.54, 1.807) is 25.1 Å². The Labute approximate surface area is 105 Å². The highest BCUT2D eigenvalue weighted by Gasteiger charge is 2.09. The Balaban J connectivity index is 2.82. The van der Waals surface area contributed by atoms with E-state index in [1.807, 2.05) is 6.92 Å². The van der Waals surface area contributed by atoms with Crippen LogP contribution in [-0.4, -0.2) is 28.6 Å². The number of aromatic carboxylic acids is 1. The molecule has 0 radical (unpaired) electrons. The zero-order valence-corrected chi connectivity index (χ0v) is 10.3. The fourth-order valence-corrected chi connectivity index (χ4v) is 1.40. The van der Waals surface area contributed by atoms with Crippen LogP contribution in [0.15, 0.2) is 18.3 Å². The van der Waals surface area contributed by atoms with E-state index in [2.05, 4.69) is 4.98 Å². The first-order valence-electron chi connectivity index (χ1n) is 5.56. The van der Waals surface area contributed by atoms with Crippen molar-refractivity contribution in [2.24, 2.45) is 0 Å². The SMILES string of the molecule is CCOC(=O)CC=Cc1cc(C)cnc1C(=O)O. The van der Waals surface area contributed by atoms with Crippen LogP contribution in [0.2, 0.25) is 0 Å². The highest BCUT2D eigenvalue weighted by Crippen LogP contribution is 2.11. The molecular weight excluding hydrogens is 234 g/mol. The van der Waals surface area contributed by atoms with Crippen molar-refractivity contribution in [3.8, 4) is 0 Å². The summed E-state index contributed by atoms with van der Waals surface area (Å²) < 4.78 is 4.76. The third kappa shape index (κ3) is 4.01. The number of aromatic nitrogens is 1. The van der Waals surface area contributed by atoms with Gasteiger partial charge in [-0.05, 0) is 25.5 Å². The fraction of sp³-hybridized carbons (Fsp3) is 0.308. The Bertz CT molecular complexity index is 480. The smallest absolute Gasteiger partial charge is 0.355 e. The summed E-state index contributed by atoms with van der Waals surface area (Å²) in [5.74, 6) is -1.43. The number of carbonyl (C=O) groups excluding carboxylic acids is 1. The average molecular weight is 249 g/mol. The summed E-state index contributed by atoms with van der Waals surface area (Å²) in [6.07, 6.45) is 4.74. The maximum Gasteiger partial charge on any atom is 0.355 e. The standard InChI is InChI=1S/C13H15NO4/c1-3-18-11(15)6-4-5-10-7-9(2)8-14-12(10)13(16)17/h4-5,7-8H,3,6H2,1-2H3,(H,16,17). The molecular formula is C13H15NO4. The zero-order valence-electron chi connectivity index (χ0n) is 10.3. The molecule has 18 heavy (non-hydrogen) atoms. The minimum atomic E-state index is -1.09. The van der Waals surface area contributed by atoms with Gasteiger partial charge in [-0.2, -0.15) is 0 Å². The normalized spacial score (nSPS) is 10.6. The van der Waals surface area contributed by atoms with Crippen molar-refractivity contribution in [1.29, 1.82) is 0 Å². The third-order valence-corrected chi connectivity index (χ3v) is 2.14. The highest BCUT2D eigenvalue weighted by atomic mass is 16.5. The molecule has 1 heterocycles. The number of nitrogens with zero attached hydrogens (tertiary/aromatic N) is 1. The van der Waals surface area contributed by atoms with Gasteiger partial charge in [-0.1, -0.05) is 12.2 Å². The number of esters is 1. The number of carboxylic acids is 1. The maximum atomic E-state index is 11.1.